The molecule has 0 saturated carbocycles. The van der Waals surface area contributed by atoms with Crippen molar-refractivity contribution in [3.8, 4) is 11.5 Å². The minimum atomic E-state index is -0.715. The van der Waals surface area contributed by atoms with Crippen LogP contribution in [0.2, 0.25) is 0 Å². The minimum absolute atomic E-state index is 0.0950. The lowest BCUT2D eigenvalue weighted by Crippen LogP contribution is -2.23. The second-order valence-electron chi connectivity index (χ2n) is 6.55. The molecule has 9 nitrogen and oxygen atoms in total. The third-order valence-electron chi connectivity index (χ3n) is 4.15. The molecule has 0 aliphatic carbocycles. The summed E-state index contributed by atoms with van der Waals surface area (Å²) in [5.74, 6) is -0.184. The number of nitrogens with zero attached hydrogens (tertiary/aromatic N) is 1. The van der Waals surface area contributed by atoms with Crippen molar-refractivity contribution in [1.82, 2.24) is 0 Å². The Balaban J connectivity index is 1.36. The number of hydrogen-bond acceptors (Lipinski definition) is 7. The van der Waals surface area contributed by atoms with E-state index in [0.717, 1.165) is 5.56 Å². The lowest BCUT2D eigenvalue weighted by atomic mass is 10.2. The van der Waals surface area contributed by atoms with Gasteiger partial charge >= 0.3 is 5.97 Å². The number of nitro benzene ring substituents is 1. The predicted octanol–water partition coefficient (Wildman–Crippen LogP) is 3.73. The lowest BCUT2D eigenvalue weighted by molar-refractivity contribution is -0.384. The number of esters is 1. The molecule has 0 aliphatic heterocycles. The highest BCUT2D eigenvalue weighted by atomic mass is 16.6. The fourth-order valence-electron chi connectivity index (χ4n) is 2.57. The summed E-state index contributed by atoms with van der Waals surface area (Å²) in [5.41, 5.74) is 1.30. The van der Waals surface area contributed by atoms with Crippen molar-refractivity contribution >= 4 is 23.3 Å². The van der Waals surface area contributed by atoms with Crippen molar-refractivity contribution in [1.29, 1.82) is 0 Å². The summed E-state index contributed by atoms with van der Waals surface area (Å²) < 4.78 is 15.9. The van der Waals surface area contributed by atoms with Crippen LogP contribution in [0.15, 0.2) is 78.9 Å². The van der Waals surface area contributed by atoms with Crippen LogP contribution in [0.1, 0.15) is 5.56 Å². The van der Waals surface area contributed by atoms with E-state index >= 15 is 0 Å². The number of nitrogens with one attached hydrogen (secondary N) is 1. The van der Waals surface area contributed by atoms with Gasteiger partial charge in [0.2, 0.25) is 0 Å². The highest BCUT2D eigenvalue weighted by Crippen LogP contribution is 2.19. The van der Waals surface area contributed by atoms with Crippen LogP contribution in [0.3, 0.4) is 0 Å². The monoisotopic (exact) mass is 436 g/mol. The van der Waals surface area contributed by atoms with E-state index in [-0.39, 0.29) is 12.3 Å². The Labute approximate surface area is 183 Å². The number of anilines is 1. The van der Waals surface area contributed by atoms with Crippen LogP contribution in [-0.2, 0) is 20.9 Å². The van der Waals surface area contributed by atoms with E-state index in [1.165, 1.54) is 24.3 Å². The molecular formula is C23H20N2O7. The Morgan fingerprint density at radius 3 is 2.06 bits per heavy atom. The zero-order valence-electron chi connectivity index (χ0n) is 16.9. The molecule has 0 bridgehead atoms. The first-order valence-electron chi connectivity index (χ1n) is 9.59. The number of nitro groups is 1. The van der Waals surface area contributed by atoms with Crippen LogP contribution < -0.4 is 14.8 Å². The number of carbonyl (C=O) groups excluding carboxylic acids is 2. The first-order valence-corrected chi connectivity index (χ1v) is 9.59. The quantitative estimate of drug-likeness (QED) is 0.292. The number of hydrogen-bond donors (Lipinski definition) is 1. The summed E-state index contributed by atoms with van der Waals surface area (Å²) in [7, 11) is 0. The molecular weight excluding hydrogens is 416 g/mol. The number of rotatable bonds is 10. The second kappa shape index (κ2) is 11.1. The van der Waals surface area contributed by atoms with Gasteiger partial charge in [-0.05, 0) is 42.0 Å². The fourth-order valence-corrected chi connectivity index (χ4v) is 2.57. The van der Waals surface area contributed by atoms with Crippen molar-refractivity contribution in [2.75, 3.05) is 18.5 Å². The van der Waals surface area contributed by atoms with Crippen molar-refractivity contribution in [3.63, 3.8) is 0 Å². The number of benzene rings is 3. The molecule has 1 amide bonds. The Morgan fingerprint density at radius 1 is 0.812 bits per heavy atom. The van der Waals surface area contributed by atoms with Gasteiger partial charge in [0.25, 0.3) is 11.6 Å². The Morgan fingerprint density at radius 2 is 1.44 bits per heavy atom. The summed E-state index contributed by atoms with van der Waals surface area (Å²) in [6.45, 7) is -0.435. The van der Waals surface area contributed by atoms with E-state index in [9.17, 15) is 19.7 Å². The topological polar surface area (TPSA) is 117 Å². The summed E-state index contributed by atoms with van der Waals surface area (Å²) in [4.78, 5) is 33.7. The zero-order valence-corrected chi connectivity index (χ0v) is 16.9. The minimum Gasteiger partial charge on any atom is -0.489 e. The van der Waals surface area contributed by atoms with E-state index in [2.05, 4.69) is 5.32 Å². The normalized spacial score (nSPS) is 10.1. The molecule has 9 heteroatoms. The van der Waals surface area contributed by atoms with Gasteiger partial charge in [-0.2, -0.15) is 0 Å². The highest BCUT2D eigenvalue weighted by Gasteiger charge is 2.10. The van der Waals surface area contributed by atoms with Crippen LogP contribution in [-0.4, -0.2) is 30.0 Å². The molecule has 164 valence electrons. The third-order valence-corrected chi connectivity index (χ3v) is 4.15. The van der Waals surface area contributed by atoms with Gasteiger partial charge in [0.05, 0.1) is 4.92 Å². The maximum Gasteiger partial charge on any atom is 0.344 e. The van der Waals surface area contributed by atoms with E-state index in [1.807, 2.05) is 30.3 Å². The van der Waals surface area contributed by atoms with Crippen LogP contribution in [0, 0.1) is 10.1 Å². The molecule has 1 N–H and O–H groups in total. The number of ether oxygens (including phenoxy) is 3. The largest absolute Gasteiger partial charge is 0.489 e. The first kappa shape index (κ1) is 22.3. The molecule has 0 aliphatic rings. The van der Waals surface area contributed by atoms with Crippen LogP contribution >= 0.6 is 0 Å². The first-order chi connectivity index (χ1) is 15.5. The molecule has 3 aromatic carbocycles. The average Bonchev–Trinajstić information content (AvgIpc) is 2.82. The maximum absolute atomic E-state index is 11.8. The number of non-ortho nitro benzene ring substituents is 1. The molecule has 0 radical (unpaired) electrons. The summed E-state index contributed by atoms with van der Waals surface area (Å²) >= 11 is 0. The SMILES string of the molecule is O=C(COC(=O)COc1ccc(OCc2ccccc2)cc1)Nc1ccc([N+](=O)[O-])cc1. The number of amides is 1. The van der Waals surface area contributed by atoms with E-state index in [4.69, 9.17) is 14.2 Å². The van der Waals surface area contributed by atoms with Crippen LogP contribution in [0.5, 0.6) is 11.5 Å². The molecule has 0 fully saturated rings. The van der Waals surface area contributed by atoms with Crippen LogP contribution in [0.4, 0.5) is 11.4 Å². The van der Waals surface area contributed by atoms with Crippen molar-refractivity contribution < 1.29 is 28.7 Å². The van der Waals surface area contributed by atoms with Gasteiger partial charge in [-0.25, -0.2) is 4.79 Å². The van der Waals surface area contributed by atoms with Gasteiger partial charge in [-0.15, -0.1) is 0 Å². The molecule has 0 saturated heterocycles. The Hall–Kier alpha value is -4.40. The van der Waals surface area contributed by atoms with Gasteiger partial charge in [-0.1, -0.05) is 30.3 Å². The van der Waals surface area contributed by atoms with E-state index in [0.29, 0.717) is 23.8 Å². The molecule has 0 unspecified atom stereocenters. The van der Waals surface area contributed by atoms with E-state index < -0.39 is 23.4 Å². The van der Waals surface area contributed by atoms with Gasteiger partial charge in [0.15, 0.2) is 13.2 Å². The van der Waals surface area contributed by atoms with Gasteiger partial charge < -0.3 is 19.5 Å². The van der Waals surface area contributed by atoms with Crippen molar-refractivity contribution in [3.05, 3.63) is 94.5 Å². The van der Waals surface area contributed by atoms with E-state index in [1.54, 1.807) is 24.3 Å². The zero-order chi connectivity index (χ0) is 22.8. The molecule has 32 heavy (non-hydrogen) atoms. The van der Waals surface area contributed by atoms with Crippen LogP contribution in [0.25, 0.3) is 0 Å². The molecule has 0 spiro atoms. The molecule has 0 aromatic heterocycles. The predicted molar refractivity (Wildman–Crippen MR) is 115 cm³/mol. The third kappa shape index (κ3) is 7.13. The summed E-state index contributed by atoms with van der Waals surface area (Å²) in [6, 6.07) is 21.8. The maximum atomic E-state index is 11.8. The summed E-state index contributed by atoms with van der Waals surface area (Å²) in [6.07, 6.45) is 0. The molecule has 0 atom stereocenters. The molecule has 0 heterocycles. The van der Waals surface area contributed by atoms with Crippen molar-refractivity contribution in [2.45, 2.75) is 6.61 Å². The summed E-state index contributed by atoms with van der Waals surface area (Å²) in [5, 5.41) is 13.1. The van der Waals surface area contributed by atoms with Gasteiger partial charge in [0, 0.05) is 17.8 Å². The van der Waals surface area contributed by atoms with Gasteiger partial charge in [-0.3, -0.25) is 14.9 Å². The Kier molecular flexibility index (Phi) is 7.74. The lowest BCUT2D eigenvalue weighted by Gasteiger charge is -2.09. The smallest absolute Gasteiger partial charge is 0.344 e. The second-order valence-corrected chi connectivity index (χ2v) is 6.55. The highest BCUT2D eigenvalue weighted by molar-refractivity contribution is 5.92. The molecule has 3 aromatic rings. The molecule has 3 rings (SSSR count). The standard InChI is InChI=1S/C23H20N2O7/c26-22(24-18-6-8-19(9-7-18)25(28)29)15-32-23(27)16-31-21-12-10-20(11-13-21)30-14-17-4-2-1-3-5-17/h1-13H,14-16H2,(H,24,26). The average molecular weight is 436 g/mol. The fraction of sp³-hybridized carbons (Fsp3) is 0.130. The Bertz CT molecular complexity index is 1050. The number of carbonyl (C=O) groups is 2. The van der Waals surface area contributed by atoms with Crippen molar-refractivity contribution in [2.24, 2.45) is 0 Å². The van der Waals surface area contributed by atoms with Gasteiger partial charge in [0.1, 0.15) is 18.1 Å².